The molecule has 0 atom stereocenters. The molecule has 3 aliphatic carbocycles. The standard InChI is InChI=1S/C18H18F6/c1-11-3-4-12(14(20)13(11)19)5-6-16-9-7-15(2,8-10-16)17(21,22)18(16,23)24/h3-6H,7-10H2,1-2H3/b6-5+. The lowest BCUT2D eigenvalue weighted by molar-refractivity contribution is -0.351. The molecule has 1 aromatic rings. The zero-order valence-electron chi connectivity index (χ0n) is 13.4. The summed E-state index contributed by atoms with van der Waals surface area (Å²) in [5, 5.41) is 0. The Balaban J connectivity index is 2.02. The van der Waals surface area contributed by atoms with E-state index in [9.17, 15) is 26.3 Å². The molecule has 24 heavy (non-hydrogen) atoms. The molecule has 4 rings (SSSR count). The van der Waals surface area contributed by atoms with Gasteiger partial charge in [-0.25, -0.2) is 8.78 Å². The van der Waals surface area contributed by atoms with Crippen LogP contribution in [0.2, 0.25) is 0 Å². The number of alkyl halides is 4. The van der Waals surface area contributed by atoms with Crippen LogP contribution in [0.1, 0.15) is 43.7 Å². The first-order valence-corrected chi connectivity index (χ1v) is 7.87. The first kappa shape index (κ1) is 17.4. The van der Waals surface area contributed by atoms with Gasteiger partial charge in [0.15, 0.2) is 11.6 Å². The van der Waals surface area contributed by atoms with Crippen LogP contribution in [0.4, 0.5) is 26.3 Å². The largest absolute Gasteiger partial charge is 0.319 e. The molecule has 2 bridgehead atoms. The van der Waals surface area contributed by atoms with Crippen LogP contribution in [0.5, 0.6) is 0 Å². The molecular weight excluding hydrogens is 330 g/mol. The summed E-state index contributed by atoms with van der Waals surface area (Å²) in [4.78, 5) is 0. The van der Waals surface area contributed by atoms with E-state index in [1.807, 2.05) is 0 Å². The van der Waals surface area contributed by atoms with Crippen molar-refractivity contribution < 1.29 is 26.3 Å². The highest BCUT2D eigenvalue weighted by Crippen LogP contribution is 2.70. The molecular formula is C18H18F6. The number of hydrogen-bond donors (Lipinski definition) is 0. The average Bonchev–Trinajstić information content (AvgIpc) is 2.52. The smallest absolute Gasteiger partial charge is 0.203 e. The average molecular weight is 348 g/mol. The molecule has 132 valence electrons. The first-order chi connectivity index (χ1) is 11.0. The lowest BCUT2D eigenvalue weighted by atomic mass is 9.50. The Hall–Kier alpha value is -1.46. The van der Waals surface area contributed by atoms with Gasteiger partial charge in [0.2, 0.25) is 0 Å². The number of aryl methyl sites for hydroxylation is 1. The number of benzene rings is 1. The van der Waals surface area contributed by atoms with E-state index >= 15 is 0 Å². The maximum absolute atomic E-state index is 14.6. The molecule has 3 fully saturated rings. The Kier molecular flexibility index (Phi) is 3.63. The van der Waals surface area contributed by atoms with Crippen molar-refractivity contribution in [1.29, 1.82) is 0 Å². The molecule has 0 unspecified atom stereocenters. The van der Waals surface area contributed by atoms with E-state index < -0.39 is 34.3 Å². The fraction of sp³-hybridized carbons (Fsp3) is 0.556. The fourth-order valence-corrected chi connectivity index (χ4v) is 3.88. The molecule has 3 aliphatic rings. The summed E-state index contributed by atoms with van der Waals surface area (Å²) in [5.41, 5.74) is -3.87. The van der Waals surface area contributed by atoms with Crippen LogP contribution in [-0.4, -0.2) is 11.8 Å². The minimum absolute atomic E-state index is 0.0231. The molecule has 6 heteroatoms. The second-order valence-electron chi connectivity index (χ2n) is 7.30. The molecule has 0 aliphatic heterocycles. The van der Waals surface area contributed by atoms with Gasteiger partial charge in [-0.3, -0.25) is 0 Å². The van der Waals surface area contributed by atoms with Gasteiger partial charge in [0.05, 0.1) is 5.41 Å². The molecule has 0 aromatic heterocycles. The van der Waals surface area contributed by atoms with Crippen molar-refractivity contribution in [3.8, 4) is 0 Å². The molecule has 0 spiro atoms. The summed E-state index contributed by atoms with van der Waals surface area (Å²) in [6.45, 7) is 2.57. The summed E-state index contributed by atoms with van der Waals surface area (Å²) in [5.74, 6) is -10.6. The van der Waals surface area contributed by atoms with Crippen molar-refractivity contribution in [1.82, 2.24) is 0 Å². The minimum atomic E-state index is -4.22. The highest BCUT2D eigenvalue weighted by molar-refractivity contribution is 5.53. The van der Waals surface area contributed by atoms with Crippen molar-refractivity contribution >= 4 is 6.08 Å². The topological polar surface area (TPSA) is 0 Å². The van der Waals surface area contributed by atoms with Gasteiger partial charge in [0.25, 0.3) is 0 Å². The number of allylic oxidation sites excluding steroid dienone is 1. The van der Waals surface area contributed by atoms with E-state index in [1.54, 1.807) is 0 Å². The van der Waals surface area contributed by atoms with Crippen LogP contribution in [0.25, 0.3) is 6.08 Å². The van der Waals surface area contributed by atoms with Gasteiger partial charge in [-0.05, 0) is 38.2 Å². The Labute approximate surface area is 136 Å². The highest BCUT2D eigenvalue weighted by atomic mass is 19.3. The fourth-order valence-electron chi connectivity index (χ4n) is 3.88. The van der Waals surface area contributed by atoms with Gasteiger partial charge in [0, 0.05) is 11.0 Å². The van der Waals surface area contributed by atoms with Crippen molar-refractivity contribution in [2.45, 2.75) is 51.4 Å². The summed E-state index contributed by atoms with van der Waals surface area (Å²) in [6, 6.07) is 2.58. The van der Waals surface area contributed by atoms with Gasteiger partial charge < -0.3 is 0 Å². The number of rotatable bonds is 2. The molecule has 0 radical (unpaired) electrons. The van der Waals surface area contributed by atoms with Gasteiger partial charge in [0.1, 0.15) is 0 Å². The minimum Gasteiger partial charge on any atom is -0.203 e. The third-order valence-electron chi connectivity index (χ3n) is 5.91. The van der Waals surface area contributed by atoms with Crippen LogP contribution < -0.4 is 0 Å². The van der Waals surface area contributed by atoms with Gasteiger partial charge in [-0.15, -0.1) is 0 Å². The third kappa shape index (κ3) is 2.01. The Bertz CT molecular complexity index is 696. The van der Waals surface area contributed by atoms with E-state index in [1.165, 1.54) is 26.0 Å². The van der Waals surface area contributed by atoms with Crippen molar-refractivity contribution in [2.24, 2.45) is 10.8 Å². The van der Waals surface area contributed by atoms with E-state index in [4.69, 9.17) is 0 Å². The predicted molar refractivity (Wildman–Crippen MR) is 79.0 cm³/mol. The Morgan fingerprint density at radius 3 is 2.04 bits per heavy atom. The van der Waals surface area contributed by atoms with Gasteiger partial charge >= 0.3 is 11.8 Å². The maximum Gasteiger partial charge on any atom is 0.319 e. The molecule has 3 saturated carbocycles. The zero-order valence-corrected chi connectivity index (χ0v) is 13.4. The van der Waals surface area contributed by atoms with Crippen LogP contribution in [0.15, 0.2) is 18.2 Å². The van der Waals surface area contributed by atoms with E-state index in [0.29, 0.717) is 0 Å². The number of halogens is 6. The van der Waals surface area contributed by atoms with Crippen molar-refractivity contribution in [3.05, 3.63) is 41.0 Å². The molecule has 0 amide bonds. The zero-order chi connectivity index (χ0) is 18.0. The first-order valence-electron chi connectivity index (χ1n) is 7.87. The van der Waals surface area contributed by atoms with Crippen LogP contribution in [-0.2, 0) is 0 Å². The summed E-state index contributed by atoms with van der Waals surface area (Å²) in [7, 11) is 0. The maximum atomic E-state index is 14.6. The molecule has 0 heterocycles. The number of fused-ring (bicyclic) bond motifs is 3. The van der Waals surface area contributed by atoms with E-state index in [2.05, 4.69) is 0 Å². The summed E-state index contributed by atoms with van der Waals surface area (Å²) >= 11 is 0. The third-order valence-corrected chi connectivity index (χ3v) is 5.91. The molecule has 0 saturated heterocycles. The summed E-state index contributed by atoms with van der Waals surface area (Å²) in [6.07, 6.45) is 1.73. The molecule has 0 nitrogen and oxygen atoms in total. The van der Waals surface area contributed by atoms with Gasteiger partial charge in [-0.2, -0.15) is 17.6 Å². The number of hydrogen-bond acceptors (Lipinski definition) is 0. The predicted octanol–water partition coefficient (Wildman–Crippen LogP) is 6.14. The normalized spacial score (nSPS) is 34.0. The van der Waals surface area contributed by atoms with Crippen LogP contribution in [0.3, 0.4) is 0 Å². The SMILES string of the molecule is Cc1ccc(/C=C/C23CCC(C)(CC2)C(F)(F)C3(F)F)c(F)c1F. The Morgan fingerprint density at radius 2 is 1.46 bits per heavy atom. The van der Waals surface area contributed by atoms with Crippen molar-refractivity contribution in [3.63, 3.8) is 0 Å². The lowest BCUT2D eigenvalue weighted by Crippen LogP contribution is -2.68. The Morgan fingerprint density at radius 1 is 0.875 bits per heavy atom. The van der Waals surface area contributed by atoms with Crippen LogP contribution in [0, 0.1) is 29.4 Å². The van der Waals surface area contributed by atoms with E-state index in [-0.39, 0.29) is 36.8 Å². The van der Waals surface area contributed by atoms with E-state index in [0.717, 1.165) is 12.2 Å². The second kappa shape index (κ2) is 5.02. The van der Waals surface area contributed by atoms with Crippen molar-refractivity contribution in [2.75, 3.05) is 0 Å². The van der Waals surface area contributed by atoms with Crippen LogP contribution >= 0.6 is 0 Å². The second-order valence-corrected chi connectivity index (χ2v) is 7.30. The highest BCUT2D eigenvalue weighted by Gasteiger charge is 2.79. The quantitative estimate of drug-likeness (QED) is 0.563. The molecule has 0 N–H and O–H groups in total. The monoisotopic (exact) mass is 348 g/mol. The molecule has 1 aromatic carbocycles. The summed E-state index contributed by atoms with van der Waals surface area (Å²) < 4.78 is 85.2. The lowest BCUT2D eigenvalue weighted by Gasteiger charge is -2.59. The van der Waals surface area contributed by atoms with Gasteiger partial charge in [-0.1, -0.05) is 31.2 Å².